The van der Waals surface area contributed by atoms with E-state index in [0.29, 0.717) is 0 Å². The van der Waals surface area contributed by atoms with Gasteiger partial charge in [0.2, 0.25) is 0 Å². The highest BCUT2D eigenvalue weighted by Gasteiger charge is 2.31. The molecule has 1 aliphatic heterocycles. The minimum Gasteiger partial charge on any atom is -0.396 e. The first kappa shape index (κ1) is 17.2. The highest BCUT2D eigenvalue weighted by atomic mass is 16.3. The Balaban J connectivity index is 1.74. The standard InChI is InChI=1S/C20H29N3O/c1-16-19(13-22-11-7-10-20(3,14-22)15-24)17(2)23(21-16)12-18-8-5-4-6-9-18/h4-6,8-9,24H,7,10-15H2,1-3H3. The van der Waals surface area contributed by atoms with Gasteiger partial charge in [-0.15, -0.1) is 0 Å². The summed E-state index contributed by atoms with van der Waals surface area (Å²) >= 11 is 0. The number of piperidine rings is 1. The Kier molecular flexibility index (Phi) is 5.07. The molecule has 1 atom stereocenters. The van der Waals surface area contributed by atoms with Gasteiger partial charge >= 0.3 is 0 Å². The summed E-state index contributed by atoms with van der Waals surface area (Å²) in [5, 5.41) is 14.4. The second-order valence-corrected chi connectivity index (χ2v) is 7.58. The van der Waals surface area contributed by atoms with E-state index in [1.165, 1.54) is 16.8 Å². The quantitative estimate of drug-likeness (QED) is 0.917. The van der Waals surface area contributed by atoms with E-state index in [4.69, 9.17) is 5.10 Å². The number of benzene rings is 1. The molecule has 1 fully saturated rings. The van der Waals surface area contributed by atoms with Gasteiger partial charge in [0, 0.05) is 36.4 Å². The topological polar surface area (TPSA) is 41.3 Å². The molecule has 0 amide bonds. The zero-order valence-corrected chi connectivity index (χ0v) is 15.1. The molecule has 3 rings (SSSR count). The lowest BCUT2D eigenvalue weighted by atomic mass is 9.82. The molecule has 2 heterocycles. The SMILES string of the molecule is Cc1nn(Cc2ccccc2)c(C)c1CN1CCCC(C)(CO)C1. The zero-order valence-electron chi connectivity index (χ0n) is 15.1. The summed E-state index contributed by atoms with van der Waals surface area (Å²) in [6, 6.07) is 10.5. The maximum Gasteiger partial charge on any atom is 0.0662 e. The normalized spacial score (nSPS) is 22.0. The molecule has 24 heavy (non-hydrogen) atoms. The fraction of sp³-hybridized carbons (Fsp3) is 0.550. The third-order valence-corrected chi connectivity index (χ3v) is 5.33. The molecule has 2 aromatic rings. The summed E-state index contributed by atoms with van der Waals surface area (Å²) in [6.45, 7) is 10.6. The van der Waals surface area contributed by atoms with Crippen molar-refractivity contribution in [3.05, 3.63) is 52.8 Å². The molecule has 1 saturated heterocycles. The van der Waals surface area contributed by atoms with Crippen molar-refractivity contribution in [3.8, 4) is 0 Å². The number of hydrogen-bond donors (Lipinski definition) is 1. The molecule has 1 unspecified atom stereocenters. The van der Waals surface area contributed by atoms with E-state index in [1.54, 1.807) is 0 Å². The zero-order chi connectivity index (χ0) is 17.2. The first-order valence-corrected chi connectivity index (χ1v) is 8.91. The maximum atomic E-state index is 9.67. The van der Waals surface area contributed by atoms with Gasteiger partial charge in [0.05, 0.1) is 12.2 Å². The summed E-state index contributed by atoms with van der Waals surface area (Å²) in [5.74, 6) is 0. The highest BCUT2D eigenvalue weighted by Crippen LogP contribution is 2.30. The smallest absolute Gasteiger partial charge is 0.0662 e. The number of rotatable bonds is 5. The summed E-state index contributed by atoms with van der Waals surface area (Å²) in [7, 11) is 0. The number of hydrogen-bond acceptors (Lipinski definition) is 3. The molecule has 0 saturated carbocycles. The summed E-state index contributed by atoms with van der Waals surface area (Å²) in [4.78, 5) is 2.48. The second kappa shape index (κ2) is 7.08. The van der Waals surface area contributed by atoms with E-state index in [0.717, 1.165) is 44.7 Å². The second-order valence-electron chi connectivity index (χ2n) is 7.58. The van der Waals surface area contributed by atoms with Crippen molar-refractivity contribution in [1.82, 2.24) is 14.7 Å². The Bertz CT molecular complexity index is 680. The minimum atomic E-state index is 0.0418. The van der Waals surface area contributed by atoms with Crippen molar-refractivity contribution >= 4 is 0 Å². The van der Waals surface area contributed by atoms with E-state index < -0.39 is 0 Å². The van der Waals surface area contributed by atoms with Crippen molar-refractivity contribution in [2.45, 2.75) is 46.7 Å². The van der Waals surface area contributed by atoms with Gasteiger partial charge in [-0.1, -0.05) is 37.3 Å². The molecule has 0 aliphatic carbocycles. The molecule has 1 aliphatic rings. The van der Waals surface area contributed by atoms with Crippen molar-refractivity contribution in [2.24, 2.45) is 5.41 Å². The van der Waals surface area contributed by atoms with Gasteiger partial charge in [-0.25, -0.2) is 0 Å². The number of aryl methyl sites for hydroxylation is 1. The van der Waals surface area contributed by atoms with Gasteiger partial charge in [0.25, 0.3) is 0 Å². The molecule has 1 N–H and O–H groups in total. The predicted molar refractivity (Wildman–Crippen MR) is 96.9 cm³/mol. The molecule has 4 heteroatoms. The van der Waals surface area contributed by atoms with Crippen molar-refractivity contribution in [1.29, 1.82) is 0 Å². The Hall–Kier alpha value is -1.65. The summed E-state index contributed by atoms with van der Waals surface area (Å²) < 4.78 is 2.12. The van der Waals surface area contributed by atoms with E-state index in [1.807, 2.05) is 6.07 Å². The van der Waals surface area contributed by atoms with Crippen LogP contribution in [-0.4, -0.2) is 39.5 Å². The number of aliphatic hydroxyl groups is 1. The molecular weight excluding hydrogens is 298 g/mol. The van der Waals surface area contributed by atoms with Crippen LogP contribution in [0.15, 0.2) is 30.3 Å². The largest absolute Gasteiger partial charge is 0.396 e. The van der Waals surface area contributed by atoms with Crippen LogP contribution in [0.5, 0.6) is 0 Å². The minimum absolute atomic E-state index is 0.0418. The molecular formula is C20H29N3O. The predicted octanol–water partition coefficient (Wildman–Crippen LogP) is 3.14. The van der Waals surface area contributed by atoms with Gasteiger partial charge in [0.1, 0.15) is 0 Å². The molecule has 0 spiro atoms. The molecule has 1 aromatic heterocycles. The first-order chi connectivity index (χ1) is 11.5. The van der Waals surface area contributed by atoms with Crippen LogP contribution >= 0.6 is 0 Å². The van der Waals surface area contributed by atoms with E-state index >= 15 is 0 Å². The van der Waals surface area contributed by atoms with Gasteiger partial charge in [-0.05, 0) is 38.8 Å². The average molecular weight is 327 g/mol. The Labute approximate surface area is 145 Å². The lowest BCUT2D eigenvalue weighted by Gasteiger charge is -2.39. The maximum absolute atomic E-state index is 9.67. The van der Waals surface area contributed by atoms with Gasteiger partial charge in [-0.2, -0.15) is 5.10 Å². The van der Waals surface area contributed by atoms with Crippen LogP contribution in [0.2, 0.25) is 0 Å². The average Bonchev–Trinajstić information content (AvgIpc) is 2.83. The fourth-order valence-electron chi connectivity index (χ4n) is 3.79. The van der Waals surface area contributed by atoms with Gasteiger partial charge in [-0.3, -0.25) is 9.58 Å². The molecule has 0 radical (unpaired) electrons. The van der Waals surface area contributed by atoms with E-state index in [2.05, 4.69) is 54.6 Å². The van der Waals surface area contributed by atoms with Crippen molar-refractivity contribution in [3.63, 3.8) is 0 Å². The lowest BCUT2D eigenvalue weighted by Crippen LogP contribution is -2.43. The van der Waals surface area contributed by atoms with Crippen LogP contribution in [0, 0.1) is 19.3 Å². The van der Waals surface area contributed by atoms with Gasteiger partial charge < -0.3 is 5.11 Å². The fourth-order valence-corrected chi connectivity index (χ4v) is 3.79. The van der Waals surface area contributed by atoms with Gasteiger partial charge in [0.15, 0.2) is 0 Å². The van der Waals surface area contributed by atoms with Crippen LogP contribution in [0.4, 0.5) is 0 Å². The highest BCUT2D eigenvalue weighted by molar-refractivity contribution is 5.26. The molecule has 4 nitrogen and oxygen atoms in total. The number of aliphatic hydroxyl groups excluding tert-OH is 1. The van der Waals surface area contributed by atoms with Crippen molar-refractivity contribution in [2.75, 3.05) is 19.7 Å². The monoisotopic (exact) mass is 327 g/mol. The van der Waals surface area contributed by atoms with Crippen LogP contribution in [0.25, 0.3) is 0 Å². The number of likely N-dealkylation sites (tertiary alicyclic amines) is 1. The van der Waals surface area contributed by atoms with Crippen LogP contribution < -0.4 is 0 Å². The van der Waals surface area contributed by atoms with E-state index in [9.17, 15) is 5.11 Å². The Morgan fingerprint density at radius 3 is 2.62 bits per heavy atom. The first-order valence-electron chi connectivity index (χ1n) is 8.91. The van der Waals surface area contributed by atoms with E-state index in [-0.39, 0.29) is 12.0 Å². The third kappa shape index (κ3) is 3.70. The molecule has 1 aromatic carbocycles. The molecule has 0 bridgehead atoms. The van der Waals surface area contributed by atoms with Crippen LogP contribution in [-0.2, 0) is 13.1 Å². The summed E-state index contributed by atoms with van der Waals surface area (Å²) in [6.07, 6.45) is 2.28. The molecule has 130 valence electrons. The Morgan fingerprint density at radius 1 is 1.17 bits per heavy atom. The van der Waals surface area contributed by atoms with Crippen LogP contribution in [0.3, 0.4) is 0 Å². The van der Waals surface area contributed by atoms with Crippen molar-refractivity contribution < 1.29 is 5.11 Å². The summed E-state index contributed by atoms with van der Waals surface area (Å²) in [5.41, 5.74) is 5.04. The van der Waals surface area contributed by atoms with Crippen LogP contribution in [0.1, 0.15) is 42.3 Å². The number of aromatic nitrogens is 2. The number of nitrogens with zero attached hydrogens (tertiary/aromatic N) is 3. The third-order valence-electron chi connectivity index (χ3n) is 5.33. The lowest BCUT2D eigenvalue weighted by molar-refractivity contribution is 0.0427. The Morgan fingerprint density at radius 2 is 1.92 bits per heavy atom.